The topological polar surface area (TPSA) is 71.6 Å². The Balaban J connectivity index is 1.74. The maximum atomic E-state index is 13.0. The molecule has 0 spiro atoms. The Bertz CT molecular complexity index is 864. The van der Waals surface area contributed by atoms with Crippen LogP contribution in [0.4, 0.5) is 11.4 Å². The van der Waals surface area contributed by atoms with Gasteiger partial charge in [-0.2, -0.15) is 0 Å². The number of carbonyl (C=O) groups excluding carboxylic acids is 1. The molecule has 0 N–H and O–H groups in total. The molecule has 1 saturated heterocycles. The molecule has 0 aliphatic carbocycles. The van der Waals surface area contributed by atoms with Crippen molar-refractivity contribution in [3.63, 3.8) is 0 Å². The zero-order chi connectivity index (χ0) is 19.7. The molecule has 1 amide bonds. The molecule has 0 bridgehead atoms. The van der Waals surface area contributed by atoms with E-state index in [-0.39, 0.29) is 16.5 Å². The Kier molecular flexibility index (Phi) is 5.21. The zero-order valence-corrected chi connectivity index (χ0v) is 16.3. The Morgan fingerprint density at radius 3 is 2.30 bits per heavy atom. The normalized spacial score (nSPS) is 14.7. The molecule has 2 aromatic rings. The van der Waals surface area contributed by atoms with Crippen LogP contribution in [0.2, 0.25) is 0 Å². The van der Waals surface area contributed by atoms with Crippen LogP contribution in [-0.4, -0.2) is 46.5 Å². The molecule has 1 aromatic heterocycles. The predicted octanol–water partition coefficient (Wildman–Crippen LogP) is 3.56. The number of para-hydroxylation sites is 2. The lowest BCUT2D eigenvalue weighted by molar-refractivity contribution is -0.384. The van der Waals surface area contributed by atoms with Crippen LogP contribution >= 0.6 is 0 Å². The molecule has 2 heterocycles. The van der Waals surface area contributed by atoms with E-state index < -0.39 is 0 Å². The van der Waals surface area contributed by atoms with Gasteiger partial charge in [-0.15, -0.1) is 0 Å². The molecule has 0 atom stereocenters. The average Bonchev–Trinajstić information content (AvgIpc) is 2.95. The quantitative estimate of drug-likeness (QED) is 0.609. The summed E-state index contributed by atoms with van der Waals surface area (Å²) >= 11 is 0. The van der Waals surface area contributed by atoms with E-state index >= 15 is 0 Å². The van der Waals surface area contributed by atoms with Crippen LogP contribution in [0.25, 0.3) is 0 Å². The van der Waals surface area contributed by atoms with Crippen molar-refractivity contribution in [1.29, 1.82) is 0 Å². The molecule has 144 valence electrons. The number of aryl methyl sites for hydroxylation is 1. The van der Waals surface area contributed by atoms with Gasteiger partial charge in [-0.25, -0.2) is 0 Å². The third-order valence-electron chi connectivity index (χ3n) is 5.22. The smallest absolute Gasteiger partial charge is 0.292 e. The third-order valence-corrected chi connectivity index (χ3v) is 5.22. The van der Waals surface area contributed by atoms with E-state index in [0.29, 0.717) is 37.9 Å². The van der Waals surface area contributed by atoms with Crippen LogP contribution < -0.4 is 4.90 Å². The number of amides is 1. The summed E-state index contributed by atoms with van der Waals surface area (Å²) in [4.78, 5) is 27.8. The predicted molar refractivity (Wildman–Crippen MR) is 106 cm³/mol. The number of hydrogen-bond donors (Lipinski definition) is 0. The van der Waals surface area contributed by atoms with Crippen molar-refractivity contribution in [2.24, 2.45) is 0 Å². The molecule has 1 aromatic carbocycles. The van der Waals surface area contributed by atoms with Crippen LogP contribution in [0.15, 0.2) is 30.3 Å². The Hall–Kier alpha value is -2.83. The van der Waals surface area contributed by atoms with Crippen LogP contribution in [0.1, 0.15) is 41.6 Å². The molecule has 0 radical (unpaired) electrons. The minimum absolute atomic E-state index is 0.0391. The summed E-state index contributed by atoms with van der Waals surface area (Å²) in [6.45, 7) is 10.5. The third kappa shape index (κ3) is 3.54. The second-order valence-corrected chi connectivity index (χ2v) is 7.27. The zero-order valence-electron chi connectivity index (χ0n) is 16.3. The highest BCUT2D eigenvalue weighted by molar-refractivity contribution is 5.96. The number of anilines is 1. The number of aromatic nitrogens is 1. The van der Waals surface area contributed by atoms with Crippen molar-refractivity contribution in [2.45, 2.75) is 33.7 Å². The van der Waals surface area contributed by atoms with Gasteiger partial charge >= 0.3 is 0 Å². The van der Waals surface area contributed by atoms with E-state index in [1.165, 1.54) is 6.07 Å². The van der Waals surface area contributed by atoms with Gasteiger partial charge < -0.3 is 14.4 Å². The summed E-state index contributed by atoms with van der Waals surface area (Å²) in [5.41, 5.74) is 3.56. The lowest BCUT2D eigenvalue weighted by Crippen LogP contribution is -2.49. The molecule has 3 rings (SSSR count). The summed E-state index contributed by atoms with van der Waals surface area (Å²) < 4.78 is 2.18. The largest absolute Gasteiger partial charge is 0.362 e. The monoisotopic (exact) mass is 370 g/mol. The number of nitrogens with zero attached hydrogens (tertiary/aromatic N) is 4. The molecule has 1 aliphatic heterocycles. The molecule has 0 unspecified atom stereocenters. The molecule has 7 heteroatoms. The first-order valence-electron chi connectivity index (χ1n) is 9.27. The lowest BCUT2D eigenvalue weighted by Gasteiger charge is -2.35. The lowest BCUT2D eigenvalue weighted by atomic mass is 10.1. The van der Waals surface area contributed by atoms with Crippen molar-refractivity contribution < 1.29 is 9.72 Å². The van der Waals surface area contributed by atoms with E-state index in [1.54, 1.807) is 18.2 Å². The molecule has 1 aliphatic rings. The van der Waals surface area contributed by atoms with Gasteiger partial charge in [-0.3, -0.25) is 14.9 Å². The Morgan fingerprint density at radius 1 is 1.11 bits per heavy atom. The highest BCUT2D eigenvalue weighted by Gasteiger charge is 2.28. The average molecular weight is 370 g/mol. The van der Waals surface area contributed by atoms with Crippen LogP contribution in [-0.2, 0) is 0 Å². The van der Waals surface area contributed by atoms with Crippen molar-refractivity contribution in [1.82, 2.24) is 9.47 Å². The van der Waals surface area contributed by atoms with Gasteiger partial charge in [-0.05, 0) is 39.8 Å². The van der Waals surface area contributed by atoms with Gasteiger partial charge in [0.2, 0.25) is 0 Å². The number of nitro groups is 1. The van der Waals surface area contributed by atoms with E-state index in [2.05, 4.69) is 18.4 Å². The van der Waals surface area contributed by atoms with Crippen molar-refractivity contribution in [3.05, 3.63) is 57.4 Å². The SMILES string of the molecule is Cc1cc(C(=O)N2CCN(c3ccccc3[N+](=O)[O-])CC2)c(C)n1C(C)C. The van der Waals surface area contributed by atoms with Crippen molar-refractivity contribution in [2.75, 3.05) is 31.1 Å². The number of piperazine rings is 1. The van der Waals surface area contributed by atoms with Gasteiger partial charge in [0.25, 0.3) is 11.6 Å². The van der Waals surface area contributed by atoms with Crippen LogP contribution in [0.3, 0.4) is 0 Å². The fraction of sp³-hybridized carbons (Fsp3) is 0.450. The number of rotatable bonds is 4. The van der Waals surface area contributed by atoms with Crippen LogP contribution in [0, 0.1) is 24.0 Å². The first-order valence-corrected chi connectivity index (χ1v) is 9.27. The van der Waals surface area contributed by atoms with Gasteiger partial charge in [0.1, 0.15) is 5.69 Å². The minimum atomic E-state index is -0.354. The van der Waals surface area contributed by atoms with Gasteiger partial charge in [0.05, 0.1) is 10.5 Å². The van der Waals surface area contributed by atoms with E-state index in [0.717, 1.165) is 17.0 Å². The molecule has 7 nitrogen and oxygen atoms in total. The molecule has 27 heavy (non-hydrogen) atoms. The summed E-state index contributed by atoms with van der Waals surface area (Å²) in [6.07, 6.45) is 0. The summed E-state index contributed by atoms with van der Waals surface area (Å²) in [5.74, 6) is 0.0391. The van der Waals surface area contributed by atoms with E-state index in [4.69, 9.17) is 0 Å². The van der Waals surface area contributed by atoms with Gasteiger partial charge in [-0.1, -0.05) is 12.1 Å². The second-order valence-electron chi connectivity index (χ2n) is 7.27. The highest BCUT2D eigenvalue weighted by Crippen LogP contribution is 2.29. The van der Waals surface area contributed by atoms with Crippen molar-refractivity contribution >= 4 is 17.3 Å². The maximum absolute atomic E-state index is 13.0. The molecule has 1 fully saturated rings. The fourth-order valence-corrected chi connectivity index (χ4v) is 3.99. The number of carbonyl (C=O) groups is 1. The summed E-state index contributed by atoms with van der Waals surface area (Å²) in [5, 5.41) is 11.3. The van der Waals surface area contributed by atoms with E-state index in [1.807, 2.05) is 29.7 Å². The Morgan fingerprint density at radius 2 is 1.74 bits per heavy atom. The van der Waals surface area contributed by atoms with Crippen LogP contribution in [0.5, 0.6) is 0 Å². The maximum Gasteiger partial charge on any atom is 0.292 e. The Labute approximate surface area is 159 Å². The number of nitro benzene ring substituents is 1. The molecular weight excluding hydrogens is 344 g/mol. The summed E-state index contributed by atoms with van der Waals surface area (Å²) in [6, 6.07) is 9.04. The number of hydrogen-bond acceptors (Lipinski definition) is 4. The second kappa shape index (κ2) is 7.42. The molecule has 0 saturated carbocycles. The fourth-order valence-electron chi connectivity index (χ4n) is 3.99. The highest BCUT2D eigenvalue weighted by atomic mass is 16.6. The van der Waals surface area contributed by atoms with E-state index in [9.17, 15) is 14.9 Å². The standard InChI is InChI=1S/C20H26N4O3/c1-14(2)23-15(3)13-17(16(23)4)20(25)22-11-9-21(10-12-22)18-7-5-6-8-19(18)24(26)27/h5-8,13-14H,9-12H2,1-4H3. The van der Waals surface area contributed by atoms with Crippen molar-refractivity contribution in [3.8, 4) is 0 Å². The van der Waals surface area contributed by atoms with Gasteiger partial charge in [0, 0.05) is 49.7 Å². The van der Waals surface area contributed by atoms with Gasteiger partial charge in [0.15, 0.2) is 0 Å². The summed E-state index contributed by atoms with van der Waals surface area (Å²) in [7, 11) is 0. The molecular formula is C20H26N4O3. The number of benzene rings is 1. The first-order chi connectivity index (χ1) is 12.8. The minimum Gasteiger partial charge on any atom is -0.362 e. The first kappa shape index (κ1) is 18.9.